The van der Waals surface area contributed by atoms with Gasteiger partial charge in [-0.25, -0.2) is 4.79 Å². The maximum atomic E-state index is 13.9. The van der Waals surface area contributed by atoms with E-state index in [0.29, 0.717) is 51.9 Å². The third kappa shape index (κ3) is 6.40. The smallest absolute Gasteiger partial charge is 0.329 e. The number of carbonyl (C=O) groups excluding carboxylic acids is 3. The van der Waals surface area contributed by atoms with Crippen molar-refractivity contribution in [3.05, 3.63) is 81.4 Å². The summed E-state index contributed by atoms with van der Waals surface area (Å²) in [6, 6.07) is 10.3. The molecule has 56 heavy (non-hydrogen) atoms. The monoisotopic (exact) mass is 782 g/mol. The number of carbonyl (C=O) groups is 3. The molecule has 14 nitrogen and oxygen atoms in total. The lowest BCUT2D eigenvalue weighted by atomic mass is 9.72. The summed E-state index contributed by atoms with van der Waals surface area (Å²) in [5.41, 5.74) is 5.46. The molecule has 2 saturated heterocycles. The number of hydrogen-bond donors (Lipinski definition) is 2. The summed E-state index contributed by atoms with van der Waals surface area (Å²) in [5.74, 6) is 0.771. The normalized spacial score (nSPS) is 25.9. The van der Waals surface area contributed by atoms with Gasteiger partial charge >= 0.3 is 11.9 Å². The molecule has 0 radical (unpaired) electrons. The van der Waals surface area contributed by atoms with E-state index in [2.05, 4.69) is 27.7 Å². The Labute approximate surface area is 328 Å². The Kier molecular flexibility index (Phi) is 10.3. The topological polar surface area (TPSA) is 167 Å². The van der Waals surface area contributed by atoms with Gasteiger partial charge in [-0.1, -0.05) is 36.4 Å². The number of hydrogen-bond acceptors (Lipinski definition) is 14. The van der Waals surface area contributed by atoms with Crippen LogP contribution in [0.15, 0.2) is 42.5 Å². The minimum atomic E-state index is -1.03. The zero-order chi connectivity index (χ0) is 39.2. The number of thioether (sulfide) groups is 1. The van der Waals surface area contributed by atoms with Gasteiger partial charge in [0.05, 0.1) is 30.5 Å². The number of esters is 2. The molecule has 2 N–H and O–H groups in total. The summed E-state index contributed by atoms with van der Waals surface area (Å²) in [4.78, 5) is 42.2. The molecule has 7 atom stereocenters. The maximum Gasteiger partial charge on any atom is 0.329 e. The summed E-state index contributed by atoms with van der Waals surface area (Å²) < 4.78 is 41.9. The van der Waals surface area contributed by atoms with Crippen LogP contribution in [0.1, 0.15) is 63.2 Å². The van der Waals surface area contributed by atoms with Gasteiger partial charge in [0.15, 0.2) is 29.8 Å². The van der Waals surface area contributed by atoms with Crippen LogP contribution in [0.5, 0.6) is 28.7 Å². The van der Waals surface area contributed by atoms with Gasteiger partial charge in [-0.2, -0.15) is 5.26 Å². The summed E-state index contributed by atoms with van der Waals surface area (Å²) in [5, 5.41) is 17.1. The average Bonchev–Trinajstić information content (AvgIpc) is 3.69. The standard InChI is InChI=1S/C41H42N4O10S/c1-20-13-24-14-25-27(15-42)45-28-16-51-41(48)26(43-29(47)12-11-23-9-7-6-8-10-23)17-56-40(34(45)33(44-25)30(24)38(35(20)50-5)52-18-49-4)32-31(28)39-37(53-19-54-39)21(2)36(32)55-22(3)46/h6-13,25-28,33-34,40,44H,14,16-19H2,1-5H3,(H,43,47)/b12-11+/t25-,26+,27+,28+,33-,34?,40-/m1/s1. The van der Waals surface area contributed by atoms with Crippen molar-refractivity contribution in [3.63, 3.8) is 0 Å². The van der Waals surface area contributed by atoms with Gasteiger partial charge in [-0.15, -0.1) is 11.8 Å². The number of piperazine rings is 1. The van der Waals surface area contributed by atoms with Gasteiger partial charge in [0.25, 0.3) is 0 Å². The minimum absolute atomic E-state index is 0.0312. The van der Waals surface area contributed by atoms with Gasteiger partial charge in [-0.3, -0.25) is 14.5 Å². The lowest BCUT2D eigenvalue weighted by Gasteiger charge is -2.59. The number of amides is 1. The van der Waals surface area contributed by atoms with Crippen LogP contribution in [0.4, 0.5) is 0 Å². The fourth-order valence-corrected chi connectivity index (χ4v) is 10.4. The second-order valence-electron chi connectivity index (χ2n) is 14.3. The highest BCUT2D eigenvalue weighted by Gasteiger charge is 2.59. The quantitative estimate of drug-likeness (QED) is 0.143. The highest BCUT2D eigenvalue weighted by atomic mass is 32.2. The second-order valence-corrected chi connectivity index (χ2v) is 15.5. The van der Waals surface area contributed by atoms with Crippen molar-refractivity contribution in [2.75, 3.05) is 40.2 Å². The van der Waals surface area contributed by atoms with Crippen molar-refractivity contribution >= 4 is 35.7 Å². The molecular weight excluding hydrogens is 741 g/mol. The Morgan fingerprint density at radius 1 is 1.07 bits per heavy atom. The molecule has 0 aliphatic carbocycles. The third-order valence-electron chi connectivity index (χ3n) is 11.0. The first-order chi connectivity index (χ1) is 27.1. The molecule has 0 spiro atoms. The molecule has 1 amide bonds. The van der Waals surface area contributed by atoms with E-state index in [1.165, 1.54) is 24.8 Å². The second kappa shape index (κ2) is 15.3. The summed E-state index contributed by atoms with van der Waals surface area (Å²) in [6.45, 7) is 4.82. The lowest BCUT2D eigenvalue weighted by Crippen LogP contribution is -2.69. The van der Waals surface area contributed by atoms with E-state index in [9.17, 15) is 19.6 Å². The number of nitrogens with one attached hydrogen (secondary N) is 2. The first-order valence-corrected chi connectivity index (χ1v) is 19.4. The number of benzene rings is 3. The molecule has 0 saturated carbocycles. The van der Waals surface area contributed by atoms with Gasteiger partial charge < -0.3 is 43.8 Å². The number of aryl methyl sites for hydroxylation is 1. The van der Waals surface area contributed by atoms with Crippen LogP contribution in [0, 0.1) is 25.2 Å². The predicted molar refractivity (Wildman–Crippen MR) is 204 cm³/mol. The van der Waals surface area contributed by atoms with Gasteiger partial charge in [0, 0.05) is 60.2 Å². The third-order valence-corrected chi connectivity index (χ3v) is 12.4. The predicted octanol–water partition coefficient (Wildman–Crippen LogP) is 4.36. The van der Waals surface area contributed by atoms with Crippen molar-refractivity contribution in [2.24, 2.45) is 0 Å². The number of rotatable bonds is 8. The van der Waals surface area contributed by atoms with Crippen molar-refractivity contribution in [3.8, 4) is 34.8 Å². The van der Waals surface area contributed by atoms with Crippen LogP contribution in [0.2, 0.25) is 0 Å². The molecule has 15 heteroatoms. The fraction of sp³-hybridized carbons (Fsp3) is 0.415. The molecule has 9 rings (SSSR count). The maximum absolute atomic E-state index is 13.9. The van der Waals surface area contributed by atoms with Gasteiger partial charge in [0.2, 0.25) is 12.7 Å². The average molecular weight is 783 g/mol. The van der Waals surface area contributed by atoms with Gasteiger partial charge in [-0.05, 0) is 43.0 Å². The van der Waals surface area contributed by atoms with E-state index in [-0.39, 0.29) is 32.0 Å². The van der Waals surface area contributed by atoms with Crippen LogP contribution in [-0.2, 0) is 30.3 Å². The van der Waals surface area contributed by atoms with Crippen molar-refractivity contribution in [1.82, 2.24) is 15.5 Å². The van der Waals surface area contributed by atoms with Crippen molar-refractivity contribution in [2.45, 2.75) is 68.7 Å². The van der Waals surface area contributed by atoms with Gasteiger partial charge in [0.1, 0.15) is 24.4 Å². The molecule has 3 aromatic carbocycles. The number of methoxy groups -OCH3 is 2. The molecule has 1 unspecified atom stereocenters. The summed E-state index contributed by atoms with van der Waals surface area (Å²) in [7, 11) is 3.15. The van der Waals surface area contributed by atoms with Crippen molar-refractivity contribution < 1.29 is 47.5 Å². The molecule has 6 aliphatic rings. The minimum Gasteiger partial charge on any atom is -0.493 e. The Bertz CT molecular complexity index is 2160. The molecule has 0 aromatic heterocycles. The zero-order valence-corrected chi connectivity index (χ0v) is 32.4. The zero-order valence-electron chi connectivity index (χ0n) is 31.6. The van der Waals surface area contributed by atoms with Crippen molar-refractivity contribution in [1.29, 1.82) is 5.26 Å². The van der Waals surface area contributed by atoms with Crippen LogP contribution in [-0.4, -0.2) is 87.1 Å². The summed E-state index contributed by atoms with van der Waals surface area (Å²) >= 11 is 1.40. The molecule has 292 valence electrons. The van der Waals surface area contributed by atoms with E-state index in [1.807, 2.05) is 44.2 Å². The first kappa shape index (κ1) is 37.6. The lowest BCUT2D eigenvalue weighted by molar-refractivity contribution is -0.150. The van der Waals surface area contributed by atoms with Crippen LogP contribution in [0.25, 0.3) is 6.08 Å². The number of ether oxygens (including phenoxy) is 7. The Hall–Kier alpha value is -5.27. The summed E-state index contributed by atoms with van der Waals surface area (Å²) in [6.07, 6.45) is 3.57. The highest BCUT2D eigenvalue weighted by Crippen LogP contribution is 2.62. The fourth-order valence-electron chi connectivity index (χ4n) is 8.87. The molecule has 3 aromatic rings. The van der Waals surface area contributed by atoms with E-state index in [4.69, 9.17) is 33.2 Å². The van der Waals surface area contributed by atoms with E-state index >= 15 is 0 Å². The molecule has 4 bridgehead atoms. The number of fused-ring (bicyclic) bond motifs is 10. The molecule has 6 aliphatic heterocycles. The van der Waals surface area contributed by atoms with E-state index in [0.717, 1.165) is 22.3 Å². The van der Waals surface area contributed by atoms with Crippen LogP contribution >= 0.6 is 11.8 Å². The molecule has 2 fully saturated rings. The van der Waals surface area contributed by atoms with Crippen LogP contribution < -0.4 is 34.3 Å². The van der Waals surface area contributed by atoms with Crippen LogP contribution in [0.3, 0.4) is 0 Å². The number of nitriles is 1. The van der Waals surface area contributed by atoms with E-state index < -0.39 is 53.3 Å². The SMILES string of the molecule is COCOc1c(OC)c(C)cc2c1[C@H]1N[C@H](C2)[C@H](C#N)N2C1[C@@H]1SC[C@H](NC(=O)/C=C/c3ccccc3)C(=O)OC[C@H]2c2c3c(c(C)c(OC(C)=O)c21)OCO3. The molecule has 6 heterocycles. The Morgan fingerprint density at radius 2 is 1.86 bits per heavy atom. The van der Waals surface area contributed by atoms with E-state index in [1.54, 1.807) is 20.3 Å². The number of nitrogens with zero attached hydrogens (tertiary/aromatic N) is 2. The highest BCUT2D eigenvalue weighted by molar-refractivity contribution is 7.99. The largest absolute Gasteiger partial charge is 0.493 e. The molecular formula is C41H42N4O10S. The first-order valence-electron chi connectivity index (χ1n) is 18.4. The Morgan fingerprint density at radius 3 is 2.59 bits per heavy atom. The Balaban J connectivity index is 1.31.